The van der Waals surface area contributed by atoms with Gasteiger partial charge in [0.25, 0.3) is 5.91 Å². The molecule has 1 aromatic rings. The number of halogens is 1. The summed E-state index contributed by atoms with van der Waals surface area (Å²) in [6, 6.07) is 4.00. The summed E-state index contributed by atoms with van der Waals surface area (Å²) in [4.78, 5) is 14.2. The van der Waals surface area contributed by atoms with Crippen molar-refractivity contribution in [2.75, 3.05) is 12.3 Å². The molecule has 19 heavy (non-hydrogen) atoms. The highest BCUT2D eigenvalue weighted by molar-refractivity contribution is 5.99. The van der Waals surface area contributed by atoms with Crippen LogP contribution in [0, 0.1) is 5.82 Å². The van der Waals surface area contributed by atoms with E-state index in [0.717, 1.165) is 19.3 Å². The zero-order valence-corrected chi connectivity index (χ0v) is 11.9. The molecule has 3 nitrogen and oxygen atoms in total. The number of carbonyl (C=O) groups excluding carboxylic acids is 1. The van der Waals surface area contributed by atoms with E-state index in [2.05, 4.69) is 6.92 Å². The smallest absolute Gasteiger partial charge is 0.256 e. The number of rotatable bonds is 6. The lowest BCUT2D eigenvalue weighted by molar-refractivity contribution is 0.0703. The summed E-state index contributed by atoms with van der Waals surface area (Å²) in [7, 11) is 0. The minimum absolute atomic E-state index is 0.0759. The van der Waals surface area contributed by atoms with Crippen LogP contribution < -0.4 is 5.73 Å². The van der Waals surface area contributed by atoms with Crippen LogP contribution in [0.2, 0.25) is 0 Å². The molecule has 0 aliphatic carbocycles. The Morgan fingerprint density at radius 2 is 2.05 bits per heavy atom. The largest absolute Gasteiger partial charge is 0.398 e. The van der Waals surface area contributed by atoms with Gasteiger partial charge in [0.05, 0.1) is 5.56 Å². The van der Waals surface area contributed by atoms with Gasteiger partial charge in [-0.25, -0.2) is 4.39 Å². The van der Waals surface area contributed by atoms with Crippen molar-refractivity contribution in [3.63, 3.8) is 0 Å². The van der Waals surface area contributed by atoms with Crippen LogP contribution in [0.4, 0.5) is 10.1 Å². The van der Waals surface area contributed by atoms with Crippen molar-refractivity contribution in [1.29, 1.82) is 0 Å². The minimum Gasteiger partial charge on any atom is -0.398 e. The SMILES string of the molecule is CCCCCN(C(=O)c1cc(F)ccc1N)C(C)C. The molecule has 2 N–H and O–H groups in total. The first-order valence-corrected chi connectivity index (χ1v) is 6.83. The molecule has 1 aromatic carbocycles. The lowest BCUT2D eigenvalue weighted by Gasteiger charge is -2.27. The standard InChI is InChI=1S/C15H23FN2O/c1-4-5-6-9-18(11(2)3)15(19)13-10-12(16)7-8-14(13)17/h7-8,10-11H,4-6,9,17H2,1-3H3. The second-order valence-corrected chi connectivity index (χ2v) is 5.03. The van der Waals surface area contributed by atoms with Crippen molar-refractivity contribution in [2.24, 2.45) is 0 Å². The molecule has 0 aromatic heterocycles. The molecule has 0 radical (unpaired) electrons. The number of nitrogens with two attached hydrogens (primary N) is 1. The summed E-state index contributed by atoms with van der Waals surface area (Å²) < 4.78 is 13.3. The van der Waals surface area contributed by atoms with Crippen LogP contribution in [0.25, 0.3) is 0 Å². The van der Waals surface area contributed by atoms with Gasteiger partial charge in [0.1, 0.15) is 5.82 Å². The van der Waals surface area contributed by atoms with E-state index >= 15 is 0 Å². The molecule has 1 rings (SSSR count). The molecule has 0 fully saturated rings. The van der Waals surface area contributed by atoms with Crippen LogP contribution >= 0.6 is 0 Å². The Kier molecular flexibility index (Phi) is 5.80. The highest BCUT2D eigenvalue weighted by Gasteiger charge is 2.20. The van der Waals surface area contributed by atoms with Crippen molar-refractivity contribution >= 4 is 11.6 Å². The van der Waals surface area contributed by atoms with E-state index in [1.54, 1.807) is 4.90 Å². The lowest BCUT2D eigenvalue weighted by atomic mass is 10.1. The molecule has 0 unspecified atom stereocenters. The molecule has 0 spiro atoms. The van der Waals surface area contributed by atoms with Crippen molar-refractivity contribution in [2.45, 2.75) is 46.1 Å². The van der Waals surface area contributed by atoms with E-state index in [1.165, 1.54) is 18.2 Å². The first kappa shape index (κ1) is 15.5. The number of hydrogen-bond acceptors (Lipinski definition) is 2. The maximum Gasteiger partial charge on any atom is 0.256 e. The van der Waals surface area contributed by atoms with Gasteiger partial charge >= 0.3 is 0 Å². The van der Waals surface area contributed by atoms with Gasteiger partial charge in [-0.05, 0) is 38.5 Å². The third-order valence-corrected chi connectivity index (χ3v) is 3.13. The number of anilines is 1. The summed E-state index contributed by atoms with van der Waals surface area (Å²) in [6.07, 6.45) is 3.13. The number of hydrogen-bond donors (Lipinski definition) is 1. The van der Waals surface area contributed by atoms with Gasteiger partial charge in [-0.2, -0.15) is 0 Å². The van der Waals surface area contributed by atoms with E-state index in [-0.39, 0.29) is 17.5 Å². The van der Waals surface area contributed by atoms with Gasteiger partial charge in [0, 0.05) is 18.3 Å². The highest BCUT2D eigenvalue weighted by Crippen LogP contribution is 2.18. The first-order chi connectivity index (χ1) is 8.97. The van der Waals surface area contributed by atoms with Gasteiger partial charge in [-0.1, -0.05) is 19.8 Å². The third kappa shape index (κ3) is 4.23. The minimum atomic E-state index is -0.435. The molecule has 4 heteroatoms. The number of carbonyl (C=O) groups is 1. The molecular weight excluding hydrogens is 243 g/mol. The zero-order valence-electron chi connectivity index (χ0n) is 11.9. The maximum absolute atomic E-state index is 13.3. The van der Waals surface area contributed by atoms with Crippen LogP contribution in [0.3, 0.4) is 0 Å². The second-order valence-electron chi connectivity index (χ2n) is 5.03. The maximum atomic E-state index is 13.3. The topological polar surface area (TPSA) is 46.3 Å². The number of nitrogen functional groups attached to an aromatic ring is 1. The Balaban J connectivity index is 2.89. The molecular formula is C15H23FN2O. The molecule has 0 saturated heterocycles. The molecule has 0 aliphatic heterocycles. The van der Waals surface area contributed by atoms with Crippen molar-refractivity contribution in [3.8, 4) is 0 Å². The number of unbranched alkanes of at least 4 members (excludes halogenated alkanes) is 2. The molecule has 0 bridgehead atoms. The summed E-state index contributed by atoms with van der Waals surface area (Å²) >= 11 is 0. The molecule has 0 atom stereocenters. The Hall–Kier alpha value is -1.58. The average molecular weight is 266 g/mol. The van der Waals surface area contributed by atoms with E-state index < -0.39 is 5.82 Å². The summed E-state index contributed by atoms with van der Waals surface area (Å²) in [5.74, 6) is -0.627. The van der Waals surface area contributed by atoms with Gasteiger partial charge < -0.3 is 10.6 Å². The fourth-order valence-electron chi connectivity index (χ4n) is 1.99. The number of nitrogens with zero attached hydrogens (tertiary/aromatic N) is 1. The van der Waals surface area contributed by atoms with E-state index in [9.17, 15) is 9.18 Å². The molecule has 0 aliphatic rings. The highest BCUT2D eigenvalue weighted by atomic mass is 19.1. The number of benzene rings is 1. The fourth-order valence-corrected chi connectivity index (χ4v) is 1.99. The van der Waals surface area contributed by atoms with Gasteiger partial charge in [-0.3, -0.25) is 4.79 Å². The normalized spacial score (nSPS) is 10.8. The van der Waals surface area contributed by atoms with Gasteiger partial charge in [0.2, 0.25) is 0 Å². The first-order valence-electron chi connectivity index (χ1n) is 6.83. The van der Waals surface area contributed by atoms with Gasteiger partial charge in [0.15, 0.2) is 0 Å². The molecule has 1 amide bonds. The van der Waals surface area contributed by atoms with Crippen molar-refractivity contribution in [3.05, 3.63) is 29.6 Å². The summed E-state index contributed by atoms with van der Waals surface area (Å²) in [6.45, 7) is 6.71. The zero-order chi connectivity index (χ0) is 14.4. The van der Waals surface area contributed by atoms with Crippen LogP contribution in [0.15, 0.2) is 18.2 Å². The van der Waals surface area contributed by atoms with Crippen LogP contribution in [0.1, 0.15) is 50.4 Å². The summed E-state index contributed by atoms with van der Waals surface area (Å²) in [5.41, 5.74) is 6.35. The van der Waals surface area contributed by atoms with E-state index in [4.69, 9.17) is 5.73 Å². The predicted octanol–water partition coefficient (Wildman–Crippen LogP) is 3.45. The lowest BCUT2D eigenvalue weighted by Crippen LogP contribution is -2.38. The molecule has 0 heterocycles. The van der Waals surface area contributed by atoms with Crippen LogP contribution in [0.5, 0.6) is 0 Å². The monoisotopic (exact) mass is 266 g/mol. The van der Waals surface area contributed by atoms with Crippen LogP contribution in [-0.4, -0.2) is 23.4 Å². The Morgan fingerprint density at radius 3 is 2.63 bits per heavy atom. The summed E-state index contributed by atoms with van der Waals surface area (Å²) in [5, 5.41) is 0. The Labute approximate surface area is 114 Å². The average Bonchev–Trinajstić information content (AvgIpc) is 2.36. The van der Waals surface area contributed by atoms with Gasteiger partial charge in [-0.15, -0.1) is 0 Å². The second kappa shape index (κ2) is 7.12. The molecule has 106 valence electrons. The number of amides is 1. The van der Waals surface area contributed by atoms with Crippen molar-refractivity contribution < 1.29 is 9.18 Å². The van der Waals surface area contributed by atoms with Crippen LogP contribution in [-0.2, 0) is 0 Å². The van der Waals surface area contributed by atoms with E-state index in [1.807, 2.05) is 13.8 Å². The van der Waals surface area contributed by atoms with E-state index in [0.29, 0.717) is 12.2 Å². The predicted molar refractivity (Wildman–Crippen MR) is 76.5 cm³/mol. The third-order valence-electron chi connectivity index (χ3n) is 3.13. The van der Waals surface area contributed by atoms with Crippen molar-refractivity contribution in [1.82, 2.24) is 4.90 Å². The fraction of sp³-hybridized carbons (Fsp3) is 0.533. The Morgan fingerprint density at radius 1 is 1.37 bits per heavy atom. The Bertz CT molecular complexity index is 432. The quantitative estimate of drug-likeness (QED) is 0.633. The molecule has 0 saturated carbocycles.